The fourth-order valence-electron chi connectivity index (χ4n) is 3.04. The minimum absolute atomic E-state index is 0.722. The zero-order valence-corrected chi connectivity index (χ0v) is 12.2. The van der Waals surface area contributed by atoms with Gasteiger partial charge >= 0.3 is 0 Å². The zero-order chi connectivity index (χ0) is 12.5. The van der Waals surface area contributed by atoms with Crippen LogP contribution >= 0.6 is 11.3 Å². The van der Waals surface area contributed by atoms with Gasteiger partial charge in [0.2, 0.25) is 0 Å². The number of nitrogens with zero attached hydrogens (tertiary/aromatic N) is 2. The molecule has 100 valence electrons. The van der Waals surface area contributed by atoms with Crippen LogP contribution in [0.25, 0.3) is 0 Å². The predicted octanol–water partition coefficient (Wildman–Crippen LogP) is 2.84. The number of fused-ring (bicyclic) bond motifs is 1. The van der Waals surface area contributed by atoms with Crippen LogP contribution in [0, 0.1) is 17.8 Å². The van der Waals surface area contributed by atoms with Gasteiger partial charge in [0, 0.05) is 18.9 Å². The van der Waals surface area contributed by atoms with Crippen molar-refractivity contribution < 1.29 is 0 Å². The van der Waals surface area contributed by atoms with E-state index in [9.17, 15) is 0 Å². The normalized spacial score (nSPS) is 29.8. The first kappa shape index (κ1) is 12.5. The van der Waals surface area contributed by atoms with Crippen LogP contribution in [-0.4, -0.2) is 23.3 Å². The molecule has 0 bridgehead atoms. The van der Waals surface area contributed by atoms with Crippen molar-refractivity contribution in [2.24, 2.45) is 17.8 Å². The second kappa shape index (κ2) is 5.25. The molecule has 2 saturated carbocycles. The van der Waals surface area contributed by atoms with Crippen LogP contribution in [-0.2, 0) is 6.42 Å². The molecule has 2 atom stereocenters. The van der Waals surface area contributed by atoms with E-state index in [-0.39, 0.29) is 0 Å². The average molecular weight is 265 g/mol. The standard InChI is InChI=1S/C14H23N3S/c1-9(2)8-15-4-3-13-16-17-14(18-13)12-6-10-5-11(10)7-12/h9-12,15H,3-8H2,1-2H3. The lowest BCUT2D eigenvalue weighted by Gasteiger charge is -2.06. The summed E-state index contributed by atoms with van der Waals surface area (Å²) in [4.78, 5) is 0. The molecule has 1 aromatic heterocycles. The number of hydrogen-bond acceptors (Lipinski definition) is 4. The highest BCUT2D eigenvalue weighted by Crippen LogP contribution is 2.57. The number of rotatable bonds is 6. The van der Waals surface area contributed by atoms with Gasteiger partial charge in [0.25, 0.3) is 0 Å². The lowest BCUT2D eigenvalue weighted by Crippen LogP contribution is -2.22. The molecule has 4 heteroatoms. The van der Waals surface area contributed by atoms with Gasteiger partial charge in [-0.15, -0.1) is 21.5 Å². The van der Waals surface area contributed by atoms with Gasteiger partial charge in [-0.05, 0) is 43.6 Å². The van der Waals surface area contributed by atoms with Crippen LogP contribution in [0.1, 0.15) is 49.0 Å². The molecule has 18 heavy (non-hydrogen) atoms. The molecule has 0 spiro atoms. The molecule has 1 heterocycles. The molecule has 2 aliphatic carbocycles. The Morgan fingerprint density at radius 2 is 2.00 bits per heavy atom. The van der Waals surface area contributed by atoms with Gasteiger partial charge in [-0.2, -0.15) is 0 Å². The van der Waals surface area contributed by atoms with Gasteiger partial charge in [-0.1, -0.05) is 13.8 Å². The van der Waals surface area contributed by atoms with Gasteiger partial charge in [-0.25, -0.2) is 0 Å². The summed E-state index contributed by atoms with van der Waals surface area (Å²) in [6.45, 7) is 6.60. The lowest BCUT2D eigenvalue weighted by molar-refractivity contribution is 0.553. The van der Waals surface area contributed by atoms with E-state index in [1.807, 2.05) is 11.3 Å². The lowest BCUT2D eigenvalue weighted by atomic mass is 10.1. The number of aromatic nitrogens is 2. The van der Waals surface area contributed by atoms with Gasteiger partial charge < -0.3 is 5.32 Å². The van der Waals surface area contributed by atoms with E-state index in [0.717, 1.165) is 43.2 Å². The van der Waals surface area contributed by atoms with Crippen LogP contribution < -0.4 is 5.32 Å². The Hall–Kier alpha value is -0.480. The van der Waals surface area contributed by atoms with E-state index in [2.05, 4.69) is 29.4 Å². The van der Waals surface area contributed by atoms with Crippen molar-refractivity contribution in [3.05, 3.63) is 10.0 Å². The highest BCUT2D eigenvalue weighted by Gasteiger charge is 2.47. The molecule has 3 rings (SSSR count). The smallest absolute Gasteiger partial charge is 0.120 e. The molecule has 3 nitrogen and oxygen atoms in total. The first-order valence-corrected chi connectivity index (χ1v) is 8.07. The Morgan fingerprint density at radius 1 is 1.22 bits per heavy atom. The van der Waals surface area contributed by atoms with Crippen molar-refractivity contribution in [3.8, 4) is 0 Å². The van der Waals surface area contributed by atoms with Gasteiger partial charge in [-0.3, -0.25) is 0 Å². The first-order chi connectivity index (χ1) is 8.72. The van der Waals surface area contributed by atoms with Gasteiger partial charge in [0.05, 0.1) is 0 Å². The molecule has 0 aliphatic heterocycles. The Morgan fingerprint density at radius 3 is 2.72 bits per heavy atom. The molecule has 0 radical (unpaired) electrons. The predicted molar refractivity (Wildman–Crippen MR) is 74.9 cm³/mol. The maximum Gasteiger partial charge on any atom is 0.120 e. The van der Waals surface area contributed by atoms with Crippen molar-refractivity contribution >= 4 is 11.3 Å². The molecule has 2 aliphatic rings. The third-order valence-corrected chi connectivity index (χ3v) is 5.29. The summed E-state index contributed by atoms with van der Waals surface area (Å²) in [6, 6.07) is 0. The maximum atomic E-state index is 4.41. The average Bonchev–Trinajstić information content (AvgIpc) is 2.80. The van der Waals surface area contributed by atoms with E-state index in [1.165, 1.54) is 29.3 Å². The fraction of sp³-hybridized carbons (Fsp3) is 0.857. The molecule has 1 aromatic rings. The maximum absolute atomic E-state index is 4.41. The number of nitrogens with one attached hydrogen (secondary N) is 1. The minimum atomic E-state index is 0.722. The first-order valence-electron chi connectivity index (χ1n) is 7.25. The van der Waals surface area contributed by atoms with Crippen LogP contribution in [0.5, 0.6) is 0 Å². The van der Waals surface area contributed by atoms with Crippen molar-refractivity contribution in [1.82, 2.24) is 15.5 Å². The van der Waals surface area contributed by atoms with E-state index in [4.69, 9.17) is 0 Å². The molecule has 2 unspecified atom stereocenters. The third kappa shape index (κ3) is 2.91. The monoisotopic (exact) mass is 265 g/mol. The molecule has 1 N–H and O–H groups in total. The Bertz CT molecular complexity index is 391. The summed E-state index contributed by atoms with van der Waals surface area (Å²) in [5.41, 5.74) is 0. The quantitative estimate of drug-likeness (QED) is 0.804. The largest absolute Gasteiger partial charge is 0.316 e. The Labute approximate surface area is 113 Å². The molecule has 0 saturated heterocycles. The second-order valence-corrected chi connectivity index (χ2v) is 7.40. The SMILES string of the molecule is CC(C)CNCCc1nnc(C2CC3CC3C2)s1. The molecule has 2 fully saturated rings. The Kier molecular flexibility index (Phi) is 3.66. The van der Waals surface area contributed by atoms with E-state index < -0.39 is 0 Å². The Balaban J connectivity index is 1.45. The summed E-state index contributed by atoms with van der Waals surface area (Å²) >= 11 is 1.85. The van der Waals surface area contributed by atoms with Crippen LogP contribution in [0.15, 0.2) is 0 Å². The van der Waals surface area contributed by atoms with E-state index in [0.29, 0.717) is 0 Å². The molecular weight excluding hydrogens is 242 g/mol. The van der Waals surface area contributed by atoms with Gasteiger partial charge in [0.15, 0.2) is 0 Å². The third-order valence-electron chi connectivity index (χ3n) is 4.14. The highest BCUT2D eigenvalue weighted by molar-refractivity contribution is 7.11. The summed E-state index contributed by atoms with van der Waals surface area (Å²) in [7, 11) is 0. The van der Waals surface area contributed by atoms with Crippen LogP contribution in [0.3, 0.4) is 0 Å². The van der Waals surface area contributed by atoms with Crippen molar-refractivity contribution in [2.45, 2.75) is 45.4 Å². The zero-order valence-electron chi connectivity index (χ0n) is 11.4. The molecule has 0 aromatic carbocycles. The van der Waals surface area contributed by atoms with E-state index >= 15 is 0 Å². The van der Waals surface area contributed by atoms with Crippen molar-refractivity contribution in [3.63, 3.8) is 0 Å². The minimum Gasteiger partial charge on any atom is -0.316 e. The summed E-state index contributed by atoms with van der Waals surface area (Å²) in [5.74, 6) is 3.54. The highest BCUT2D eigenvalue weighted by atomic mass is 32.1. The van der Waals surface area contributed by atoms with Crippen LogP contribution in [0.2, 0.25) is 0 Å². The molecule has 0 amide bonds. The van der Waals surface area contributed by atoms with Gasteiger partial charge in [0.1, 0.15) is 10.0 Å². The topological polar surface area (TPSA) is 37.8 Å². The fourth-order valence-corrected chi connectivity index (χ4v) is 4.00. The van der Waals surface area contributed by atoms with Crippen molar-refractivity contribution in [2.75, 3.05) is 13.1 Å². The summed E-state index contributed by atoms with van der Waals surface area (Å²) in [6.07, 6.45) is 5.28. The molecular formula is C14H23N3S. The number of hydrogen-bond donors (Lipinski definition) is 1. The summed E-state index contributed by atoms with van der Waals surface area (Å²) in [5, 5.41) is 14.7. The summed E-state index contributed by atoms with van der Waals surface area (Å²) < 4.78 is 0. The second-order valence-electron chi connectivity index (χ2n) is 6.31. The van der Waals surface area contributed by atoms with Crippen molar-refractivity contribution in [1.29, 1.82) is 0 Å². The van der Waals surface area contributed by atoms with Crippen LogP contribution in [0.4, 0.5) is 0 Å². The van der Waals surface area contributed by atoms with E-state index in [1.54, 1.807) is 0 Å².